The van der Waals surface area contributed by atoms with Gasteiger partial charge >= 0.3 is 13.0 Å². The summed E-state index contributed by atoms with van der Waals surface area (Å²) in [6.07, 6.45) is 3.66. The third-order valence-electron chi connectivity index (χ3n) is 4.43. The molecule has 1 aromatic rings. The predicted octanol–water partition coefficient (Wildman–Crippen LogP) is 2.23. The van der Waals surface area contributed by atoms with Crippen LogP contribution in [0.5, 0.6) is 0 Å². The van der Waals surface area contributed by atoms with Crippen LogP contribution in [0.1, 0.15) is 33.7 Å². The molecule has 114 valence electrons. The molecule has 1 aliphatic heterocycles. The fourth-order valence-electron chi connectivity index (χ4n) is 2.25. The van der Waals surface area contributed by atoms with Crippen molar-refractivity contribution in [3.05, 3.63) is 24.3 Å². The van der Waals surface area contributed by atoms with Crippen LogP contribution in [0.4, 0.5) is 13.2 Å². The van der Waals surface area contributed by atoms with Gasteiger partial charge in [-0.1, -0.05) is 0 Å². The Morgan fingerprint density at radius 3 is 2.24 bits per heavy atom. The number of aromatic nitrogens is 2. The third-order valence-corrected chi connectivity index (χ3v) is 4.43. The largest absolute Gasteiger partial charge is 0.498 e. The van der Waals surface area contributed by atoms with Gasteiger partial charge in [0.05, 0.1) is 11.2 Å². The number of alkyl halides is 2. The molecule has 8 heteroatoms. The molecule has 1 atom stereocenters. The van der Waals surface area contributed by atoms with E-state index >= 15 is 0 Å². The van der Waals surface area contributed by atoms with Crippen LogP contribution >= 0.6 is 0 Å². The van der Waals surface area contributed by atoms with Crippen LogP contribution in [0.15, 0.2) is 24.3 Å². The van der Waals surface area contributed by atoms with Crippen LogP contribution in [-0.2, 0) is 9.31 Å². The van der Waals surface area contributed by atoms with Crippen molar-refractivity contribution < 1.29 is 22.5 Å². The van der Waals surface area contributed by atoms with Gasteiger partial charge in [-0.25, -0.2) is 4.39 Å². The van der Waals surface area contributed by atoms with Crippen LogP contribution < -0.4 is 5.46 Å². The molecule has 3 rings (SSSR count). The fraction of sp³-hybridized carbons (Fsp3) is 0.615. The summed E-state index contributed by atoms with van der Waals surface area (Å²) in [4.78, 5) is 0. The first kappa shape index (κ1) is 14.7. The molecule has 21 heavy (non-hydrogen) atoms. The monoisotopic (exact) mass is 300 g/mol. The summed E-state index contributed by atoms with van der Waals surface area (Å²) in [5, 5.41) is 3.87. The Morgan fingerprint density at radius 1 is 1.19 bits per heavy atom. The first-order chi connectivity index (χ1) is 9.54. The zero-order chi connectivity index (χ0) is 15.6. The second-order valence-corrected chi connectivity index (χ2v) is 6.42. The molecule has 1 aromatic heterocycles. The van der Waals surface area contributed by atoms with Gasteiger partial charge in [0.25, 0.3) is 0 Å². The van der Waals surface area contributed by atoms with Crippen LogP contribution in [0.2, 0.25) is 0 Å². The first-order valence-electron chi connectivity index (χ1n) is 6.70. The molecule has 2 heterocycles. The molecule has 0 saturated carbocycles. The van der Waals surface area contributed by atoms with Gasteiger partial charge in [-0.15, -0.1) is 0 Å². The van der Waals surface area contributed by atoms with Crippen molar-refractivity contribution in [1.29, 1.82) is 0 Å². The van der Waals surface area contributed by atoms with Gasteiger partial charge in [0.2, 0.25) is 0 Å². The van der Waals surface area contributed by atoms with Crippen molar-refractivity contribution in [2.24, 2.45) is 0 Å². The Kier molecular flexibility index (Phi) is 2.88. The summed E-state index contributed by atoms with van der Waals surface area (Å²) in [6, 6.07) is -1.39. The van der Waals surface area contributed by atoms with Crippen LogP contribution in [0.3, 0.4) is 0 Å². The van der Waals surface area contributed by atoms with Gasteiger partial charge in [-0.05, 0) is 33.8 Å². The standard InChI is InChI=1S/C13H16BF3N2O2/c1-11(2)12(3,4)21-14(20-11)8-6-18-19(7-8)10-5-9(15)13(10,16)17/h5-7,10H,1-4H3. The molecule has 1 fully saturated rings. The highest BCUT2D eigenvalue weighted by molar-refractivity contribution is 6.62. The maximum atomic E-state index is 13.3. The molecule has 0 aromatic carbocycles. The maximum absolute atomic E-state index is 13.3. The van der Waals surface area contributed by atoms with Gasteiger partial charge in [0.15, 0.2) is 5.83 Å². The van der Waals surface area contributed by atoms with Crippen LogP contribution in [0.25, 0.3) is 0 Å². The second-order valence-electron chi connectivity index (χ2n) is 6.42. The minimum absolute atomic E-state index is 0.522. The van der Waals surface area contributed by atoms with Crippen molar-refractivity contribution in [1.82, 2.24) is 9.78 Å². The lowest BCUT2D eigenvalue weighted by Crippen LogP contribution is -2.41. The average molecular weight is 300 g/mol. The zero-order valence-electron chi connectivity index (χ0n) is 12.2. The van der Waals surface area contributed by atoms with Crippen molar-refractivity contribution >= 4 is 12.6 Å². The smallest absolute Gasteiger partial charge is 0.399 e. The van der Waals surface area contributed by atoms with E-state index in [1.165, 1.54) is 12.4 Å². The molecule has 2 aliphatic rings. The molecule has 1 unspecified atom stereocenters. The van der Waals surface area contributed by atoms with E-state index in [4.69, 9.17) is 9.31 Å². The molecule has 1 saturated heterocycles. The normalized spacial score (nSPS) is 29.2. The highest BCUT2D eigenvalue weighted by atomic mass is 19.3. The van der Waals surface area contributed by atoms with Crippen molar-refractivity contribution in [3.63, 3.8) is 0 Å². The quantitative estimate of drug-likeness (QED) is 0.786. The molecule has 0 bridgehead atoms. The molecular weight excluding hydrogens is 284 g/mol. The molecular formula is C13H16BF3N2O2. The Morgan fingerprint density at radius 2 is 1.76 bits per heavy atom. The average Bonchev–Trinajstić information content (AvgIpc) is 2.90. The zero-order valence-corrected chi connectivity index (χ0v) is 12.2. The number of hydrogen-bond donors (Lipinski definition) is 0. The van der Waals surface area contributed by atoms with Crippen LogP contribution in [0, 0.1) is 0 Å². The minimum atomic E-state index is -3.50. The summed E-state index contributed by atoms with van der Waals surface area (Å²) in [6.45, 7) is 7.59. The number of allylic oxidation sites excluding steroid dienone is 2. The van der Waals surface area contributed by atoms with E-state index in [9.17, 15) is 13.2 Å². The lowest BCUT2D eigenvalue weighted by atomic mass is 9.82. The van der Waals surface area contributed by atoms with Gasteiger partial charge in [0, 0.05) is 17.9 Å². The van der Waals surface area contributed by atoms with Crippen molar-refractivity contribution in [2.75, 3.05) is 0 Å². The second kappa shape index (κ2) is 4.13. The number of rotatable bonds is 2. The molecule has 0 spiro atoms. The highest BCUT2D eigenvalue weighted by Crippen LogP contribution is 2.46. The van der Waals surface area contributed by atoms with Gasteiger partial charge in [-0.2, -0.15) is 13.9 Å². The third kappa shape index (κ3) is 2.04. The molecule has 0 amide bonds. The SMILES string of the molecule is CC1(C)OB(c2cnn(C3C=C(F)C3(F)F)c2)OC1(C)C. The van der Waals surface area contributed by atoms with Gasteiger partial charge in [0.1, 0.15) is 6.04 Å². The van der Waals surface area contributed by atoms with Crippen molar-refractivity contribution in [3.8, 4) is 0 Å². The number of hydrogen-bond acceptors (Lipinski definition) is 3. The summed E-state index contributed by atoms with van der Waals surface area (Å²) in [7, 11) is -0.675. The summed E-state index contributed by atoms with van der Waals surface area (Å²) in [5.74, 6) is -4.92. The topological polar surface area (TPSA) is 36.3 Å². The van der Waals surface area contributed by atoms with E-state index in [0.717, 1.165) is 10.8 Å². The summed E-state index contributed by atoms with van der Waals surface area (Å²) in [5.41, 5.74) is -0.511. The number of halogens is 3. The van der Waals surface area contributed by atoms with E-state index < -0.39 is 36.1 Å². The summed E-state index contributed by atoms with van der Waals surface area (Å²) < 4.78 is 52.1. The van der Waals surface area contributed by atoms with Gasteiger partial charge < -0.3 is 9.31 Å². The molecule has 1 aliphatic carbocycles. The lowest BCUT2D eigenvalue weighted by molar-refractivity contribution is -0.0480. The first-order valence-corrected chi connectivity index (χ1v) is 6.70. The highest BCUT2D eigenvalue weighted by Gasteiger charge is 2.55. The Bertz CT molecular complexity index is 596. The Hall–Kier alpha value is -1.28. The summed E-state index contributed by atoms with van der Waals surface area (Å²) >= 11 is 0. The van der Waals surface area contributed by atoms with Gasteiger partial charge in [-0.3, -0.25) is 4.68 Å². The predicted molar refractivity (Wildman–Crippen MR) is 71.1 cm³/mol. The number of nitrogens with zero attached hydrogens (tertiary/aromatic N) is 2. The Balaban J connectivity index is 1.82. The molecule has 0 radical (unpaired) electrons. The van der Waals surface area contributed by atoms with Crippen molar-refractivity contribution in [2.45, 2.75) is 50.9 Å². The fourth-order valence-corrected chi connectivity index (χ4v) is 2.25. The van der Waals surface area contributed by atoms with E-state index in [-0.39, 0.29) is 0 Å². The maximum Gasteiger partial charge on any atom is 0.498 e. The van der Waals surface area contributed by atoms with E-state index in [1.54, 1.807) is 0 Å². The lowest BCUT2D eigenvalue weighted by Gasteiger charge is -2.32. The Labute approximate surface area is 121 Å². The van der Waals surface area contributed by atoms with E-state index in [2.05, 4.69) is 5.10 Å². The van der Waals surface area contributed by atoms with E-state index in [1.807, 2.05) is 27.7 Å². The molecule has 4 nitrogen and oxygen atoms in total. The minimum Gasteiger partial charge on any atom is -0.399 e. The van der Waals surface area contributed by atoms with Crippen LogP contribution in [-0.4, -0.2) is 34.0 Å². The molecule has 0 N–H and O–H groups in total. The van der Waals surface area contributed by atoms with E-state index in [0.29, 0.717) is 5.46 Å².